The Morgan fingerprint density at radius 2 is 2.12 bits per heavy atom. The summed E-state index contributed by atoms with van der Waals surface area (Å²) in [5, 5.41) is 3.68. The molecule has 0 saturated heterocycles. The number of nitrogens with zero attached hydrogens (tertiary/aromatic N) is 1. The Hall–Kier alpha value is -3.52. The topological polar surface area (TPSA) is 64.4 Å². The van der Waals surface area contributed by atoms with Crippen LogP contribution < -0.4 is 10.1 Å². The summed E-state index contributed by atoms with van der Waals surface area (Å²) in [6.45, 7) is 0.478. The van der Waals surface area contributed by atoms with Crippen molar-refractivity contribution in [1.82, 2.24) is 10.3 Å². The first kappa shape index (κ1) is 16.3. The maximum absolute atomic E-state index is 11.6. The van der Waals surface area contributed by atoms with Crippen molar-refractivity contribution in [3.8, 4) is 17.6 Å². The Kier molecular flexibility index (Phi) is 5.47. The van der Waals surface area contributed by atoms with Crippen LogP contribution in [0.5, 0.6) is 5.75 Å². The summed E-state index contributed by atoms with van der Waals surface area (Å²) in [6.07, 6.45) is 6.28. The van der Waals surface area contributed by atoms with Gasteiger partial charge in [0, 0.05) is 17.7 Å². The molecule has 25 heavy (non-hydrogen) atoms. The molecule has 5 nitrogen and oxygen atoms in total. The number of ether oxygens (including phenoxy) is 1. The zero-order valence-electron chi connectivity index (χ0n) is 13.4. The molecule has 1 N–H and O–H groups in total. The molecular formula is C20H16N2O3. The number of amides is 1. The minimum atomic E-state index is -0.232. The van der Waals surface area contributed by atoms with E-state index in [9.17, 15) is 4.79 Å². The van der Waals surface area contributed by atoms with E-state index >= 15 is 0 Å². The fraction of sp³-hybridized carbons (Fsp3) is 0.100. The minimum absolute atomic E-state index is 0.230. The van der Waals surface area contributed by atoms with E-state index in [-0.39, 0.29) is 19.1 Å². The number of aromatic nitrogens is 1. The maximum Gasteiger partial charge on any atom is 0.244 e. The van der Waals surface area contributed by atoms with Crippen LogP contribution in [-0.2, 0) is 4.79 Å². The SMILES string of the molecule is O=C(/C=C/c1ccco1)NCC#CCOc1cccc2cccnc12. The second kappa shape index (κ2) is 8.37. The number of nitrogens with one attached hydrogen (secondary N) is 1. The predicted molar refractivity (Wildman–Crippen MR) is 95.8 cm³/mol. The third-order valence-corrected chi connectivity index (χ3v) is 3.31. The van der Waals surface area contributed by atoms with Gasteiger partial charge >= 0.3 is 0 Å². The van der Waals surface area contributed by atoms with Crippen molar-refractivity contribution in [2.75, 3.05) is 13.2 Å². The second-order valence-corrected chi connectivity index (χ2v) is 5.04. The molecule has 0 radical (unpaired) electrons. The van der Waals surface area contributed by atoms with Crippen LogP contribution in [0.1, 0.15) is 5.76 Å². The van der Waals surface area contributed by atoms with Crippen molar-refractivity contribution in [3.63, 3.8) is 0 Å². The number of rotatable bonds is 5. The van der Waals surface area contributed by atoms with Crippen molar-refractivity contribution in [1.29, 1.82) is 0 Å². The molecule has 0 unspecified atom stereocenters. The van der Waals surface area contributed by atoms with E-state index in [2.05, 4.69) is 22.1 Å². The maximum atomic E-state index is 11.6. The molecule has 0 aliphatic heterocycles. The van der Waals surface area contributed by atoms with E-state index in [0.717, 1.165) is 10.9 Å². The molecule has 0 saturated carbocycles. The zero-order chi connectivity index (χ0) is 17.3. The van der Waals surface area contributed by atoms with Gasteiger partial charge < -0.3 is 14.5 Å². The first-order valence-corrected chi connectivity index (χ1v) is 7.74. The van der Waals surface area contributed by atoms with E-state index in [1.165, 1.54) is 6.08 Å². The summed E-state index contributed by atoms with van der Waals surface area (Å²) >= 11 is 0. The van der Waals surface area contributed by atoms with E-state index in [1.807, 2.05) is 30.3 Å². The van der Waals surface area contributed by atoms with Gasteiger partial charge in [0.1, 0.15) is 23.6 Å². The number of para-hydroxylation sites is 1. The Morgan fingerprint density at radius 3 is 3.00 bits per heavy atom. The minimum Gasteiger partial charge on any atom is -0.479 e. The number of pyridine rings is 1. The number of carbonyl (C=O) groups is 1. The number of hydrogen-bond acceptors (Lipinski definition) is 4. The average molecular weight is 332 g/mol. The number of carbonyl (C=O) groups excluding carboxylic acids is 1. The molecule has 0 atom stereocenters. The zero-order valence-corrected chi connectivity index (χ0v) is 13.4. The van der Waals surface area contributed by atoms with Gasteiger partial charge in [-0.1, -0.05) is 30.0 Å². The normalized spacial score (nSPS) is 10.4. The lowest BCUT2D eigenvalue weighted by Gasteiger charge is -2.05. The molecule has 3 aromatic rings. The number of benzene rings is 1. The standard InChI is InChI=1S/C20H16N2O3/c23-19(11-10-17-8-5-15-24-17)21-12-1-2-14-25-18-9-3-6-16-7-4-13-22-20(16)18/h3-11,13,15H,12,14H2,(H,21,23)/b11-10+. The summed E-state index contributed by atoms with van der Waals surface area (Å²) in [6, 6.07) is 13.1. The molecule has 1 amide bonds. The van der Waals surface area contributed by atoms with Crippen LogP contribution in [0, 0.1) is 11.8 Å². The molecule has 0 bridgehead atoms. The van der Waals surface area contributed by atoms with Gasteiger partial charge in [0.25, 0.3) is 0 Å². The van der Waals surface area contributed by atoms with Gasteiger partial charge in [0.2, 0.25) is 5.91 Å². The molecule has 124 valence electrons. The summed E-state index contributed by atoms with van der Waals surface area (Å²) in [5.74, 6) is 6.79. The van der Waals surface area contributed by atoms with Crippen molar-refractivity contribution < 1.29 is 13.9 Å². The van der Waals surface area contributed by atoms with Crippen molar-refractivity contribution in [2.24, 2.45) is 0 Å². The monoisotopic (exact) mass is 332 g/mol. The van der Waals surface area contributed by atoms with Gasteiger partial charge in [-0.2, -0.15) is 0 Å². The molecule has 5 heteroatoms. The molecule has 3 rings (SSSR count). The Labute approximate surface area is 145 Å². The highest BCUT2D eigenvalue weighted by Crippen LogP contribution is 2.22. The Bertz CT molecular complexity index is 929. The molecule has 2 aromatic heterocycles. The van der Waals surface area contributed by atoms with E-state index in [4.69, 9.17) is 9.15 Å². The Morgan fingerprint density at radius 1 is 1.20 bits per heavy atom. The first-order chi connectivity index (χ1) is 12.3. The smallest absolute Gasteiger partial charge is 0.244 e. The van der Waals surface area contributed by atoms with Crippen LogP contribution in [0.4, 0.5) is 0 Å². The molecule has 0 fully saturated rings. The van der Waals surface area contributed by atoms with Gasteiger partial charge in [0.15, 0.2) is 0 Å². The summed E-state index contributed by atoms with van der Waals surface area (Å²) in [7, 11) is 0. The lowest BCUT2D eigenvalue weighted by molar-refractivity contribution is -0.116. The molecular weight excluding hydrogens is 316 g/mol. The number of hydrogen-bond donors (Lipinski definition) is 1. The first-order valence-electron chi connectivity index (χ1n) is 7.74. The lowest BCUT2D eigenvalue weighted by atomic mass is 10.2. The highest BCUT2D eigenvalue weighted by Gasteiger charge is 2.01. The highest BCUT2D eigenvalue weighted by molar-refractivity contribution is 5.91. The van der Waals surface area contributed by atoms with Crippen molar-refractivity contribution >= 4 is 22.9 Å². The number of fused-ring (bicyclic) bond motifs is 1. The van der Waals surface area contributed by atoms with Crippen LogP contribution in [0.3, 0.4) is 0 Å². The van der Waals surface area contributed by atoms with Gasteiger partial charge in [-0.3, -0.25) is 9.78 Å². The molecule has 2 heterocycles. The van der Waals surface area contributed by atoms with Crippen LogP contribution in [0.25, 0.3) is 17.0 Å². The summed E-state index contributed by atoms with van der Waals surface area (Å²) in [5.41, 5.74) is 0.808. The summed E-state index contributed by atoms with van der Waals surface area (Å²) in [4.78, 5) is 15.9. The predicted octanol–water partition coefficient (Wildman–Crippen LogP) is 3.04. The van der Waals surface area contributed by atoms with E-state index in [0.29, 0.717) is 11.5 Å². The van der Waals surface area contributed by atoms with Crippen LogP contribution >= 0.6 is 0 Å². The van der Waals surface area contributed by atoms with E-state index in [1.54, 1.807) is 30.7 Å². The quantitative estimate of drug-likeness (QED) is 0.576. The van der Waals surface area contributed by atoms with Gasteiger partial charge in [0.05, 0.1) is 12.8 Å². The fourth-order valence-corrected chi connectivity index (χ4v) is 2.15. The van der Waals surface area contributed by atoms with Gasteiger partial charge in [-0.05, 0) is 30.3 Å². The van der Waals surface area contributed by atoms with Crippen molar-refractivity contribution in [3.05, 3.63) is 66.8 Å². The average Bonchev–Trinajstić information content (AvgIpc) is 3.16. The van der Waals surface area contributed by atoms with Crippen LogP contribution in [0.15, 0.2) is 65.4 Å². The number of furan rings is 1. The lowest BCUT2D eigenvalue weighted by Crippen LogP contribution is -2.21. The Balaban J connectivity index is 1.44. The molecule has 1 aromatic carbocycles. The molecule has 0 aliphatic carbocycles. The molecule has 0 spiro atoms. The third kappa shape index (κ3) is 4.72. The third-order valence-electron chi connectivity index (χ3n) is 3.31. The van der Waals surface area contributed by atoms with Crippen molar-refractivity contribution in [2.45, 2.75) is 0 Å². The van der Waals surface area contributed by atoms with Crippen LogP contribution in [-0.4, -0.2) is 24.0 Å². The van der Waals surface area contributed by atoms with Gasteiger partial charge in [-0.15, -0.1) is 0 Å². The fourth-order valence-electron chi connectivity index (χ4n) is 2.15. The van der Waals surface area contributed by atoms with Crippen LogP contribution in [0.2, 0.25) is 0 Å². The largest absolute Gasteiger partial charge is 0.479 e. The van der Waals surface area contributed by atoms with E-state index < -0.39 is 0 Å². The highest BCUT2D eigenvalue weighted by atomic mass is 16.5. The van der Waals surface area contributed by atoms with Gasteiger partial charge in [-0.25, -0.2) is 0 Å². The second-order valence-electron chi connectivity index (χ2n) is 5.04. The molecule has 0 aliphatic rings. The summed E-state index contributed by atoms with van der Waals surface area (Å²) < 4.78 is 10.7.